The minimum Gasteiger partial charge on any atom is -0.360 e. The Hall–Kier alpha value is -2.56. The van der Waals surface area contributed by atoms with Gasteiger partial charge in [-0.25, -0.2) is 4.79 Å². The average Bonchev–Trinajstić information content (AvgIpc) is 2.86. The Bertz CT molecular complexity index is 763. The highest BCUT2D eigenvalue weighted by Crippen LogP contribution is 2.15. The Kier molecular flexibility index (Phi) is 4.42. The number of rotatable bonds is 6. The molecule has 0 aromatic carbocycles. The van der Waals surface area contributed by atoms with Crippen LogP contribution in [-0.2, 0) is 6.54 Å². The van der Waals surface area contributed by atoms with Crippen molar-refractivity contribution >= 4 is 22.2 Å². The van der Waals surface area contributed by atoms with Gasteiger partial charge in [0.05, 0.1) is 17.7 Å². The standard InChI is InChI=1S/C10H12N6O4S/c1-2-3-11-9-14-13-7(21-9)5-15-4-6(16(19)20)8(17)12-10(15)18/h4H,2-3,5H2,1H3,(H,11,14)(H,12,17,18). The molecule has 2 aromatic rings. The zero-order valence-electron chi connectivity index (χ0n) is 11.0. The Labute approximate surface area is 121 Å². The van der Waals surface area contributed by atoms with Gasteiger partial charge in [-0.05, 0) is 6.42 Å². The first-order chi connectivity index (χ1) is 10.0. The fraction of sp³-hybridized carbons (Fsp3) is 0.400. The van der Waals surface area contributed by atoms with Crippen LogP contribution in [0.1, 0.15) is 18.4 Å². The van der Waals surface area contributed by atoms with Crippen LogP contribution in [-0.4, -0.2) is 31.2 Å². The average molecular weight is 312 g/mol. The summed E-state index contributed by atoms with van der Waals surface area (Å²) in [6, 6.07) is 0. The molecule has 2 heterocycles. The number of aromatic nitrogens is 4. The minimum atomic E-state index is -1.02. The van der Waals surface area contributed by atoms with Crippen molar-refractivity contribution in [2.45, 2.75) is 19.9 Å². The second-order valence-electron chi connectivity index (χ2n) is 4.09. The number of nitrogens with zero attached hydrogens (tertiary/aromatic N) is 4. The molecule has 10 nitrogen and oxygen atoms in total. The minimum absolute atomic E-state index is 0.00191. The first-order valence-electron chi connectivity index (χ1n) is 6.05. The molecule has 0 saturated heterocycles. The second kappa shape index (κ2) is 6.26. The molecule has 21 heavy (non-hydrogen) atoms. The molecule has 0 amide bonds. The number of hydrogen-bond donors (Lipinski definition) is 2. The van der Waals surface area contributed by atoms with Crippen molar-refractivity contribution in [2.75, 3.05) is 11.9 Å². The van der Waals surface area contributed by atoms with Crippen molar-refractivity contribution in [1.82, 2.24) is 19.7 Å². The van der Waals surface area contributed by atoms with Crippen molar-refractivity contribution in [3.63, 3.8) is 0 Å². The summed E-state index contributed by atoms with van der Waals surface area (Å²) < 4.78 is 1.02. The molecule has 0 saturated carbocycles. The van der Waals surface area contributed by atoms with Gasteiger partial charge < -0.3 is 5.32 Å². The third-order valence-corrected chi connectivity index (χ3v) is 3.35. The molecule has 0 bridgehead atoms. The van der Waals surface area contributed by atoms with Gasteiger partial charge in [-0.15, -0.1) is 10.2 Å². The van der Waals surface area contributed by atoms with Crippen LogP contribution in [0.3, 0.4) is 0 Å². The van der Waals surface area contributed by atoms with Crippen molar-refractivity contribution in [1.29, 1.82) is 0 Å². The number of hydrogen-bond acceptors (Lipinski definition) is 8. The Morgan fingerprint density at radius 2 is 2.24 bits per heavy atom. The molecule has 0 unspecified atom stereocenters. The lowest BCUT2D eigenvalue weighted by atomic mass is 10.5. The number of nitro groups is 1. The number of aromatic amines is 1. The molecular weight excluding hydrogens is 300 g/mol. The Morgan fingerprint density at radius 1 is 1.48 bits per heavy atom. The smallest absolute Gasteiger partial charge is 0.350 e. The van der Waals surface area contributed by atoms with E-state index in [4.69, 9.17) is 0 Å². The van der Waals surface area contributed by atoms with Crippen LogP contribution in [0.4, 0.5) is 10.8 Å². The predicted octanol–water partition coefficient (Wildman–Crippen LogP) is 0.166. The van der Waals surface area contributed by atoms with Crippen LogP contribution >= 0.6 is 11.3 Å². The van der Waals surface area contributed by atoms with Gasteiger partial charge in [-0.2, -0.15) is 0 Å². The summed E-state index contributed by atoms with van der Waals surface area (Å²) in [5.74, 6) is 0. The quantitative estimate of drug-likeness (QED) is 0.573. The zero-order chi connectivity index (χ0) is 15.4. The van der Waals surface area contributed by atoms with E-state index in [2.05, 4.69) is 15.5 Å². The summed E-state index contributed by atoms with van der Waals surface area (Å²) in [5, 5.41) is 22.6. The maximum atomic E-state index is 11.6. The van der Waals surface area contributed by atoms with Crippen LogP contribution in [0.15, 0.2) is 15.8 Å². The van der Waals surface area contributed by atoms with Crippen molar-refractivity contribution in [3.05, 3.63) is 42.2 Å². The molecular formula is C10H12N6O4S. The van der Waals surface area contributed by atoms with Crippen molar-refractivity contribution in [2.24, 2.45) is 0 Å². The van der Waals surface area contributed by atoms with E-state index in [0.29, 0.717) is 10.1 Å². The van der Waals surface area contributed by atoms with Gasteiger partial charge in [-0.1, -0.05) is 18.3 Å². The molecule has 2 aromatic heterocycles. The molecule has 0 aliphatic heterocycles. The van der Waals surface area contributed by atoms with Crippen LogP contribution in [0.2, 0.25) is 0 Å². The monoisotopic (exact) mass is 312 g/mol. The van der Waals surface area contributed by atoms with E-state index in [9.17, 15) is 19.7 Å². The summed E-state index contributed by atoms with van der Waals surface area (Å²) in [5.41, 5.74) is -2.45. The normalized spacial score (nSPS) is 10.5. The molecule has 112 valence electrons. The molecule has 0 aliphatic rings. The van der Waals surface area contributed by atoms with E-state index in [0.717, 1.165) is 23.7 Å². The van der Waals surface area contributed by atoms with E-state index < -0.39 is 21.9 Å². The SMILES string of the molecule is CCCNc1nnc(Cn2cc([N+](=O)[O-])c(=O)[nH]c2=O)s1. The number of H-pyrrole nitrogens is 1. The highest BCUT2D eigenvalue weighted by atomic mass is 32.1. The number of anilines is 1. The lowest BCUT2D eigenvalue weighted by Crippen LogP contribution is -2.31. The topological polar surface area (TPSA) is 136 Å². The molecule has 0 spiro atoms. The summed E-state index contributed by atoms with van der Waals surface area (Å²) in [4.78, 5) is 34.6. The molecule has 2 rings (SSSR count). The summed E-state index contributed by atoms with van der Waals surface area (Å²) >= 11 is 1.24. The Balaban J connectivity index is 2.25. The Morgan fingerprint density at radius 3 is 2.90 bits per heavy atom. The first-order valence-corrected chi connectivity index (χ1v) is 6.87. The molecule has 0 aliphatic carbocycles. The maximum absolute atomic E-state index is 11.6. The van der Waals surface area contributed by atoms with Gasteiger partial charge >= 0.3 is 16.9 Å². The highest BCUT2D eigenvalue weighted by molar-refractivity contribution is 7.15. The molecule has 11 heteroatoms. The van der Waals surface area contributed by atoms with Gasteiger partial charge in [0.1, 0.15) is 5.01 Å². The van der Waals surface area contributed by atoms with E-state index in [1.807, 2.05) is 11.9 Å². The second-order valence-corrected chi connectivity index (χ2v) is 5.15. The molecule has 0 radical (unpaired) electrons. The highest BCUT2D eigenvalue weighted by Gasteiger charge is 2.16. The fourth-order valence-corrected chi connectivity index (χ4v) is 2.28. The summed E-state index contributed by atoms with van der Waals surface area (Å²) in [6.07, 6.45) is 1.84. The van der Waals surface area contributed by atoms with E-state index >= 15 is 0 Å². The van der Waals surface area contributed by atoms with Gasteiger partial charge in [0.15, 0.2) is 0 Å². The third-order valence-electron chi connectivity index (χ3n) is 2.49. The van der Waals surface area contributed by atoms with Crippen LogP contribution < -0.4 is 16.6 Å². The maximum Gasteiger partial charge on any atom is 0.350 e. The van der Waals surface area contributed by atoms with E-state index in [-0.39, 0.29) is 6.54 Å². The molecule has 0 atom stereocenters. The number of nitrogens with one attached hydrogen (secondary N) is 2. The van der Waals surface area contributed by atoms with Crippen LogP contribution in [0, 0.1) is 10.1 Å². The van der Waals surface area contributed by atoms with Crippen LogP contribution in [0.25, 0.3) is 0 Å². The molecule has 0 fully saturated rings. The van der Waals surface area contributed by atoms with E-state index in [1.165, 1.54) is 11.3 Å². The first kappa shape index (κ1) is 14.8. The fourth-order valence-electron chi connectivity index (χ4n) is 1.51. The lowest BCUT2D eigenvalue weighted by Gasteiger charge is -2.01. The van der Waals surface area contributed by atoms with Gasteiger partial charge in [0.2, 0.25) is 5.13 Å². The zero-order valence-corrected chi connectivity index (χ0v) is 11.8. The summed E-state index contributed by atoms with van der Waals surface area (Å²) in [7, 11) is 0. The predicted molar refractivity (Wildman–Crippen MR) is 75.8 cm³/mol. The van der Waals surface area contributed by atoms with Crippen molar-refractivity contribution < 1.29 is 4.92 Å². The largest absolute Gasteiger partial charge is 0.360 e. The lowest BCUT2D eigenvalue weighted by molar-refractivity contribution is -0.386. The summed E-state index contributed by atoms with van der Waals surface area (Å²) in [6.45, 7) is 2.76. The third kappa shape index (κ3) is 3.51. The molecule has 2 N–H and O–H groups in total. The van der Waals surface area contributed by atoms with Crippen LogP contribution in [0.5, 0.6) is 0 Å². The van der Waals surface area contributed by atoms with Gasteiger partial charge in [0.25, 0.3) is 0 Å². The van der Waals surface area contributed by atoms with E-state index in [1.54, 1.807) is 0 Å². The van der Waals surface area contributed by atoms with Crippen molar-refractivity contribution in [3.8, 4) is 0 Å². The van der Waals surface area contributed by atoms with Gasteiger partial charge in [0, 0.05) is 6.54 Å². The van der Waals surface area contributed by atoms with Gasteiger partial charge in [-0.3, -0.25) is 24.5 Å².